The van der Waals surface area contributed by atoms with Crippen molar-refractivity contribution in [1.82, 2.24) is 50.2 Å². The molecule has 0 aliphatic carbocycles. The van der Waals surface area contributed by atoms with Crippen LogP contribution in [0.25, 0.3) is 0 Å². The van der Waals surface area contributed by atoms with Crippen LogP contribution in [0.2, 0.25) is 0 Å². The lowest BCUT2D eigenvalue weighted by atomic mass is 10.00. The molecule has 244 valence electrons. The van der Waals surface area contributed by atoms with E-state index in [9.17, 15) is 0 Å². The number of tetrazole rings is 2. The van der Waals surface area contributed by atoms with Gasteiger partial charge in [0.1, 0.15) is 0 Å². The fourth-order valence-electron chi connectivity index (χ4n) is 6.69. The SMILES string of the molecule is CCc1ccc([C@H]2c3nnnn3CCN2Cc2ccccc2)cc1.Cc1cccc([C@H]2c3nnnn3CCN2Cc2cccc(Br)c2)c1. The predicted octanol–water partition coefficient (Wildman–Crippen LogP) is 6.19. The standard InChI is InChI=1S/C19H21N5.C18H18BrN5/c1-2-15-8-10-17(11-9-15)18-19-20-21-22-24(19)13-12-23(18)14-16-6-4-3-5-7-16;1-13-4-2-6-15(10-13)17-18-20-21-22-24(18)9-8-23(17)12-14-5-3-7-16(19)11-14/h3-11,18H,2,12-14H2,1H3;2-7,10-11,17H,8-9,12H2,1H3/t18-;17-/m00/s1. The molecule has 11 heteroatoms. The Hall–Kier alpha value is -4.58. The van der Waals surface area contributed by atoms with E-state index in [4.69, 9.17) is 0 Å². The summed E-state index contributed by atoms with van der Waals surface area (Å²) in [6.45, 7) is 9.57. The lowest BCUT2D eigenvalue weighted by Gasteiger charge is -2.35. The largest absolute Gasteiger partial charge is 0.284 e. The highest BCUT2D eigenvalue weighted by molar-refractivity contribution is 9.10. The third-order valence-corrected chi connectivity index (χ3v) is 9.59. The molecule has 48 heavy (non-hydrogen) atoms. The molecule has 0 N–H and O–H groups in total. The number of hydrogen-bond acceptors (Lipinski definition) is 8. The Morgan fingerprint density at radius 3 is 1.83 bits per heavy atom. The van der Waals surface area contributed by atoms with Gasteiger partial charge in [-0.3, -0.25) is 9.80 Å². The Balaban J connectivity index is 0.000000152. The molecule has 8 rings (SSSR count). The topological polar surface area (TPSA) is 93.7 Å². The van der Waals surface area contributed by atoms with E-state index in [0.29, 0.717) is 0 Å². The maximum Gasteiger partial charge on any atom is 0.173 e. The summed E-state index contributed by atoms with van der Waals surface area (Å²) in [5.74, 6) is 1.85. The molecule has 0 fully saturated rings. The maximum atomic E-state index is 4.31. The monoisotopic (exact) mass is 702 g/mol. The van der Waals surface area contributed by atoms with Gasteiger partial charge in [-0.1, -0.05) is 119 Å². The van der Waals surface area contributed by atoms with Gasteiger partial charge in [0.25, 0.3) is 0 Å². The van der Waals surface area contributed by atoms with Crippen LogP contribution >= 0.6 is 15.9 Å². The molecule has 0 radical (unpaired) electrons. The molecule has 0 bridgehead atoms. The Morgan fingerprint density at radius 1 is 0.604 bits per heavy atom. The van der Waals surface area contributed by atoms with Gasteiger partial charge in [0.2, 0.25) is 0 Å². The molecule has 2 aliphatic heterocycles. The summed E-state index contributed by atoms with van der Waals surface area (Å²) in [6.07, 6.45) is 1.05. The molecule has 0 saturated heterocycles. The Morgan fingerprint density at radius 2 is 1.21 bits per heavy atom. The highest BCUT2D eigenvalue weighted by atomic mass is 79.9. The van der Waals surface area contributed by atoms with Crippen LogP contribution in [0.15, 0.2) is 108 Å². The van der Waals surface area contributed by atoms with Gasteiger partial charge in [0, 0.05) is 30.7 Å². The zero-order chi connectivity index (χ0) is 32.9. The Labute approximate surface area is 289 Å². The van der Waals surface area contributed by atoms with Gasteiger partial charge in [0.15, 0.2) is 11.6 Å². The van der Waals surface area contributed by atoms with Crippen molar-refractivity contribution in [3.63, 3.8) is 0 Å². The van der Waals surface area contributed by atoms with Gasteiger partial charge in [-0.25, -0.2) is 9.36 Å². The van der Waals surface area contributed by atoms with E-state index in [2.05, 4.69) is 174 Å². The Bertz CT molecular complexity index is 1940. The molecule has 0 unspecified atom stereocenters. The van der Waals surface area contributed by atoms with E-state index >= 15 is 0 Å². The first-order chi connectivity index (χ1) is 23.6. The van der Waals surface area contributed by atoms with Gasteiger partial charge in [-0.15, -0.1) is 10.2 Å². The molecule has 10 nitrogen and oxygen atoms in total. The quantitative estimate of drug-likeness (QED) is 0.195. The number of hydrogen-bond donors (Lipinski definition) is 0. The number of nitrogens with zero attached hydrogens (tertiary/aromatic N) is 10. The first-order valence-corrected chi connectivity index (χ1v) is 17.3. The first kappa shape index (κ1) is 32.0. The van der Waals surface area contributed by atoms with Crippen LogP contribution in [0.5, 0.6) is 0 Å². The molecule has 2 aliphatic rings. The van der Waals surface area contributed by atoms with E-state index in [-0.39, 0.29) is 12.1 Å². The molecule has 6 aromatic rings. The van der Waals surface area contributed by atoms with E-state index < -0.39 is 0 Å². The summed E-state index contributed by atoms with van der Waals surface area (Å²) in [5, 5.41) is 24.7. The van der Waals surface area contributed by atoms with E-state index in [1.54, 1.807) is 0 Å². The smallest absolute Gasteiger partial charge is 0.173 e. The van der Waals surface area contributed by atoms with Crippen molar-refractivity contribution in [1.29, 1.82) is 0 Å². The minimum atomic E-state index is 0.0765. The predicted molar refractivity (Wildman–Crippen MR) is 188 cm³/mol. The molecule has 4 aromatic carbocycles. The zero-order valence-electron chi connectivity index (χ0n) is 27.3. The fourth-order valence-corrected chi connectivity index (χ4v) is 7.14. The average Bonchev–Trinajstić information content (AvgIpc) is 3.79. The van der Waals surface area contributed by atoms with Crippen molar-refractivity contribution in [2.75, 3.05) is 13.1 Å². The molecule has 0 spiro atoms. The van der Waals surface area contributed by atoms with E-state index in [1.165, 1.54) is 33.4 Å². The summed E-state index contributed by atoms with van der Waals surface area (Å²) in [5.41, 5.74) is 7.68. The minimum absolute atomic E-state index is 0.0765. The highest BCUT2D eigenvalue weighted by Crippen LogP contribution is 2.33. The molecule has 0 amide bonds. The number of halogens is 1. The number of benzene rings is 4. The summed E-state index contributed by atoms with van der Waals surface area (Å²) in [6, 6.07) is 36.7. The number of aryl methyl sites for hydroxylation is 2. The molecular formula is C37H39BrN10. The summed E-state index contributed by atoms with van der Waals surface area (Å²) in [4.78, 5) is 4.91. The second kappa shape index (κ2) is 14.7. The van der Waals surface area contributed by atoms with Gasteiger partial charge in [-0.05, 0) is 74.1 Å². The third kappa shape index (κ3) is 7.13. The molecule has 0 saturated carbocycles. The molecule has 2 aromatic heterocycles. The Kier molecular flexibility index (Phi) is 9.78. The highest BCUT2D eigenvalue weighted by Gasteiger charge is 2.33. The van der Waals surface area contributed by atoms with Crippen molar-refractivity contribution >= 4 is 15.9 Å². The molecular weight excluding hydrogens is 664 g/mol. The first-order valence-electron chi connectivity index (χ1n) is 16.5. The third-order valence-electron chi connectivity index (χ3n) is 9.10. The van der Waals surface area contributed by atoms with Crippen LogP contribution in [0.1, 0.15) is 64.0 Å². The lowest BCUT2D eigenvalue weighted by molar-refractivity contribution is 0.164. The minimum Gasteiger partial charge on any atom is -0.284 e. The molecule has 2 atom stereocenters. The second-order valence-corrected chi connectivity index (χ2v) is 13.3. The van der Waals surface area contributed by atoms with Crippen molar-refractivity contribution < 1.29 is 0 Å². The van der Waals surface area contributed by atoms with Crippen molar-refractivity contribution in [3.8, 4) is 0 Å². The van der Waals surface area contributed by atoms with Gasteiger partial charge >= 0.3 is 0 Å². The van der Waals surface area contributed by atoms with Crippen LogP contribution in [0.3, 0.4) is 0 Å². The summed E-state index contributed by atoms with van der Waals surface area (Å²) >= 11 is 3.56. The molecule has 4 heterocycles. The maximum absolute atomic E-state index is 4.31. The van der Waals surface area contributed by atoms with Gasteiger partial charge in [0.05, 0.1) is 25.2 Å². The summed E-state index contributed by atoms with van der Waals surface area (Å²) in [7, 11) is 0. The number of aromatic nitrogens is 8. The zero-order valence-corrected chi connectivity index (χ0v) is 28.9. The van der Waals surface area contributed by atoms with Crippen molar-refractivity contribution in [3.05, 3.63) is 153 Å². The van der Waals surface area contributed by atoms with Crippen LogP contribution in [0.4, 0.5) is 0 Å². The van der Waals surface area contributed by atoms with Crippen molar-refractivity contribution in [2.45, 2.75) is 58.5 Å². The normalized spacial score (nSPS) is 17.6. The number of fused-ring (bicyclic) bond motifs is 2. The van der Waals surface area contributed by atoms with Crippen molar-refractivity contribution in [2.24, 2.45) is 0 Å². The average molecular weight is 704 g/mol. The van der Waals surface area contributed by atoms with Gasteiger partial charge in [-0.2, -0.15) is 0 Å². The van der Waals surface area contributed by atoms with Crippen LogP contribution in [-0.4, -0.2) is 63.3 Å². The summed E-state index contributed by atoms with van der Waals surface area (Å²) < 4.78 is 4.96. The second-order valence-electron chi connectivity index (χ2n) is 12.4. The van der Waals surface area contributed by atoms with Crippen LogP contribution in [-0.2, 0) is 32.6 Å². The fraction of sp³-hybridized carbons (Fsp3) is 0.297. The van der Waals surface area contributed by atoms with Gasteiger partial charge < -0.3 is 0 Å². The number of rotatable bonds is 7. The van der Waals surface area contributed by atoms with Crippen LogP contribution < -0.4 is 0 Å². The van der Waals surface area contributed by atoms with E-state index in [0.717, 1.165) is 61.8 Å². The van der Waals surface area contributed by atoms with E-state index in [1.807, 2.05) is 9.36 Å². The van der Waals surface area contributed by atoms with Crippen LogP contribution in [0, 0.1) is 6.92 Å². The lowest BCUT2D eigenvalue weighted by Crippen LogP contribution is -2.39.